The van der Waals surface area contributed by atoms with Crippen molar-refractivity contribution >= 4 is 45.9 Å². The Morgan fingerprint density at radius 3 is 2.64 bits per heavy atom. The molecule has 0 unspecified atom stereocenters. The minimum Gasteiger partial charge on any atom is -0.462 e. The molecule has 1 aromatic heterocycles. The van der Waals surface area contributed by atoms with Gasteiger partial charge in [0.1, 0.15) is 5.00 Å². The fraction of sp³-hybridized carbons (Fsp3) is 0.263. The second-order valence-corrected chi connectivity index (χ2v) is 6.89. The largest absolute Gasteiger partial charge is 0.462 e. The molecule has 0 saturated carbocycles. The van der Waals surface area contributed by atoms with Gasteiger partial charge in [-0.1, -0.05) is 36.7 Å². The molecule has 0 spiro atoms. The Labute approximate surface area is 156 Å². The monoisotopic (exact) mass is 377 g/mol. The summed E-state index contributed by atoms with van der Waals surface area (Å²) < 4.78 is 5.13. The lowest BCUT2D eigenvalue weighted by Crippen LogP contribution is -2.13. The molecule has 132 valence electrons. The molecule has 1 heterocycles. The van der Waals surface area contributed by atoms with Crippen LogP contribution in [0.3, 0.4) is 0 Å². The number of halogens is 1. The van der Waals surface area contributed by atoms with Gasteiger partial charge >= 0.3 is 5.97 Å². The maximum atomic E-state index is 12.3. The van der Waals surface area contributed by atoms with E-state index in [9.17, 15) is 9.59 Å². The Morgan fingerprint density at radius 2 is 2.00 bits per heavy atom. The van der Waals surface area contributed by atoms with Crippen LogP contribution in [-0.4, -0.2) is 18.5 Å². The molecule has 0 aliphatic heterocycles. The summed E-state index contributed by atoms with van der Waals surface area (Å²) in [6.45, 7) is 5.95. The number of ether oxygens (including phenoxy) is 1. The third kappa shape index (κ3) is 4.71. The van der Waals surface area contributed by atoms with Gasteiger partial charge in [0.15, 0.2) is 0 Å². The highest BCUT2D eigenvalue weighted by molar-refractivity contribution is 7.16. The second kappa shape index (κ2) is 8.83. The maximum Gasteiger partial charge on any atom is 0.341 e. The first-order valence-corrected chi connectivity index (χ1v) is 9.20. The number of hydrogen-bond acceptors (Lipinski definition) is 4. The van der Waals surface area contributed by atoms with Crippen LogP contribution in [0.25, 0.3) is 6.08 Å². The number of carbonyl (C=O) groups is 2. The van der Waals surface area contributed by atoms with Gasteiger partial charge in [0, 0.05) is 16.0 Å². The summed E-state index contributed by atoms with van der Waals surface area (Å²) in [5, 5.41) is 3.87. The van der Waals surface area contributed by atoms with E-state index < -0.39 is 5.97 Å². The number of anilines is 1. The lowest BCUT2D eigenvalue weighted by molar-refractivity contribution is -0.111. The van der Waals surface area contributed by atoms with Crippen molar-refractivity contribution in [3.63, 3.8) is 0 Å². The van der Waals surface area contributed by atoms with Gasteiger partial charge in [0.2, 0.25) is 5.91 Å². The number of amides is 1. The standard InChI is InChI=1S/C19H20ClNO3S/c1-4-14-12(3)25-18(17(14)19(23)24-5-2)21-16(22)11-10-13-8-6-7-9-15(13)20/h6-11H,4-5H2,1-3H3,(H,21,22)/b11-10+. The zero-order valence-electron chi connectivity index (χ0n) is 14.4. The van der Waals surface area contributed by atoms with Crippen LogP contribution >= 0.6 is 22.9 Å². The van der Waals surface area contributed by atoms with E-state index in [-0.39, 0.29) is 12.5 Å². The zero-order valence-corrected chi connectivity index (χ0v) is 16.0. The summed E-state index contributed by atoms with van der Waals surface area (Å²) in [5.41, 5.74) is 2.11. The molecule has 0 bridgehead atoms. The number of benzene rings is 1. The van der Waals surface area contributed by atoms with Crippen molar-refractivity contribution in [3.8, 4) is 0 Å². The van der Waals surface area contributed by atoms with Crippen molar-refractivity contribution in [1.82, 2.24) is 0 Å². The van der Waals surface area contributed by atoms with Crippen molar-refractivity contribution in [2.24, 2.45) is 0 Å². The van der Waals surface area contributed by atoms with Crippen LogP contribution in [0, 0.1) is 6.92 Å². The molecule has 0 aliphatic rings. The van der Waals surface area contributed by atoms with Gasteiger partial charge in [-0.15, -0.1) is 11.3 Å². The van der Waals surface area contributed by atoms with E-state index in [1.165, 1.54) is 17.4 Å². The third-order valence-electron chi connectivity index (χ3n) is 3.60. The number of rotatable bonds is 6. The summed E-state index contributed by atoms with van der Waals surface area (Å²) >= 11 is 7.45. The number of thiophene rings is 1. The van der Waals surface area contributed by atoms with Crippen LogP contribution in [-0.2, 0) is 16.0 Å². The molecule has 6 heteroatoms. The van der Waals surface area contributed by atoms with Gasteiger partial charge in [0.05, 0.1) is 12.2 Å². The number of carbonyl (C=O) groups excluding carboxylic acids is 2. The molecule has 0 atom stereocenters. The first kappa shape index (κ1) is 19.2. The first-order valence-electron chi connectivity index (χ1n) is 8.00. The topological polar surface area (TPSA) is 55.4 Å². The summed E-state index contributed by atoms with van der Waals surface area (Å²) in [4.78, 5) is 25.5. The third-order valence-corrected chi connectivity index (χ3v) is 5.01. The molecule has 1 N–H and O–H groups in total. The molecule has 1 aromatic carbocycles. The fourth-order valence-corrected chi connectivity index (χ4v) is 3.78. The van der Waals surface area contributed by atoms with Crippen LogP contribution in [0.4, 0.5) is 5.00 Å². The lowest BCUT2D eigenvalue weighted by Gasteiger charge is -2.06. The van der Waals surface area contributed by atoms with Crippen molar-refractivity contribution in [1.29, 1.82) is 0 Å². The highest BCUT2D eigenvalue weighted by Gasteiger charge is 2.22. The second-order valence-electron chi connectivity index (χ2n) is 5.26. The van der Waals surface area contributed by atoms with E-state index in [1.807, 2.05) is 32.0 Å². The smallest absolute Gasteiger partial charge is 0.341 e. The average Bonchev–Trinajstić information content (AvgIpc) is 2.89. The van der Waals surface area contributed by atoms with Crippen molar-refractivity contribution in [3.05, 3.63) is 56.9 Å². The SMILES string of the molecule is CCOC(=O)c1c(NC(=O)/C=C/c2ccccc2Cl)sc(C)c1CC. The minimum absolute atomic E-state index is 0.288. The fourth-order valence-electron chi connectivity index (χ4n) is 2.44. The van der Waals surface area contributed by atoms with E-state index >= 15 is 0 Å². The van der Waals surface area contributed by atoms with E-state index in [4.69, 9.17) is 16.3 Å². The van der Waals surface area contributed by atoms with E-state index in [2.05, 4.69) is 5.32 Å². The Balaban J connectivity index is 2.23. The normalized spacial score (nSPS) is 10.9. The van der Waals surface area contributed by atoms with Gasteiger partial charge in [0.25, 0.3) is 0 Å². The van der Waals surface area contributed by atoms with Crippen molar-refractivity contribution in [2.45, 2.75) is 27.2 Å². The van der Waals surface area contributed by atoms with Gasteiger partial charge in [-0.05, 0) is 43.5 Å². The molecule has 2 aromatic rings. The van der Waals surface area contributed by atoms with Gasteiger partial charge in [-0.25, -0.2) is 4.79 Å². The highest BCUT2D eigenvalue weighted by atomic mass is 35.5. The molecule has 25 heavy (non-hydrogen) atoms. The van der Waals surface area contributed by atoms with E-state index in [1.54, 1.807) is 19.1 Å². The van der Waals surface area contributed by atoms with Crippen LogP contribution in [0.5, 0.6) is 0 Å². The van der Waals surface area contributed by atoms with Crippen LogP contribution in [0.1, 0.15) is 40.2 Å². The van der Waals surface area contributed by atoms with Crippen molar-refractivity contribution < 1.29 is 14.3 Å². The molecule has 2 rings (SSSR count). The Kier molecular flexibility index (Phi) is 6.79. The Hall–Kier alpha value is -2.11. The molecule has 0 radical (unpaired) electrons. The summed E-state index contributed by atoms with van der Waals surface area (Å²) in [6.07, 6.45) is 3.74. The predicted octanol–water partition coefficient (Wildman–Crippen LogP) is 5.10. The van der Waals surface area contributed by atoms with Gasteiger partial charge in [-0.2, -0.15) is 0 Å². The van der Waals surface area contributed by atoms with Crippen LogP contribution in [0.15, 0.2) is 30.3 Å². The van der Waals surface area contributed by atoms with E-state index in [0.29, 0.717) is 22.0 Å². The molecule has 1 amide bonds. The van der Waals surface area contributed by atoms with E-state index in [0.717, 1.165) is 16.0 Å². The molecular formula is C19H20ClNO3S. The molecule has 0 fully saturated rings. The molecular weight excluding hydrogens is 358 g/mol. The first-order chi connectivity index (χ1) is 12.0. The number of esters is 1. The number of hydrogen-bond donors (Lipinski definition) is 1. The lowest BCUT2D eigenvalue weighted by atomic mass is 10.1. The summed E-state index contributed by atoms with van der Waals surface area (Å²) in [5.74, 6) is -0.733. The average molecular weight is 378 g/mol. The Morgan fingerprint density at radius 1 is 1.28 bits per heavy atom. The molecule has 0 aliphatic carbocycles. The quantitative estimate of drug-likeness (QED) is 0.562. The van der Waals surface area contributed by atoms with Gasteiger partial charge < -0.3 is 10.1 Å². The zero-order chi connectivity index (χ0) is 18.4. The highest BCUT2D eigenvalue weighted by Crippen LogP contribution is 2.34. The summed E-state index contributed by atoms with van der Waals surface area (Å²) in [7, 11) is 0. The van der Waals surface area contributed by atoms with Gasteiger partial charge in [-0.3, -0.25) is 4.79 Å². The van der Waals surface area contributed by atoms with Crippen LogP contribution in [0.2, 0.25) is 5.02 Å². The molecule has 4 nitrogen and oxygen atoms in total. The number of nitrogens with one attached hydrogen (secondary N) is 1. The Bertz CT molecular complexity index is 811. The van der Waals surface area contributed by atoms with Crippen molar-refractivity contribution in [2.75, 3.05) is 11.9 Å². The summed E-state index contributed by atoms with van der Waals surface area (Å²) in [6, 6.07) is 7.25. The maximum absolute atomic E-state index is 12.3. The predicted molar refractivity (Wildman–Crippen MR) is 104 cm³/mol. The minimum atomic E-state index is -0.408. The van der Waals surface area contributed by atoms with Crippen LogP contribution < -0.4 is 5.32 Å². The number of aryl methyl sites for hydroxylation is 1. The molecule has 0 saturated heterocycles.